The lowest BCUT2D eigenvalue weighted by Crippen LogP contribution is -1.95. The predicted octanol–water partition coefficient (Wildman–Crippen LogP) is 3.64. The molecule has 24 heavy (non-hydrogen) atoms. The van der Waals surface area contributed by atoms with Gasteiger partial charge in [0, 0.05) is 22.8 Å². The maximum atomic E-state index is 5.99. The number of fused-ring (bicyclic) bond motifs is 1. The van der Waals surface area contributed by atoms with Gasteiger partial charge in [-0.2, -0.15) is 0 Å². The van der Waals surface area contributed by atoms with E-state index in [1.165, 1.54) is 6.33 Å². The summed E-state index contributed by atoms with van der Waals surface area (Å²) < 4.78 is 0. The topological polar surface area (TPSA) is 77.6 Å². The Kier molecular flexibility index (Phi) is 3.39. The molecule has 0 amide bonds. The number of rotatable bonds is 2. The van der Waals surface area contributed by atoms with E-state index in [2.05, 4.69) is 19.9 Å². The molecule has 0 radical (unpaired) electrons. The summed E-state index contributed by atoms with van der Waals surface area (Å²) in [7, 11) is 0. The van der Waals surface area contributed by atoms with Crippen LogP contribution in [0.1, 0.15) is 5.69 Å². The molecule has 0 aliphatic rings. The molecule has 1 aromatic carbocycles. The highest BCUT2D eigenvalue weighted by Gasteiger charge is 2.11. The van der Waals surface area contributed by atoms with Crippen LogP contribution in [0.3, 0.4) is 0 Å². The van der Waals surface area contributed by atoms with E-state index in [9.17, 15) is 0 Å². The summed E-state index contributed by atoms with van der Waals surface area (Å²) in [5.41, 5.74) is 11.5. The fraction of sp³-hybridized carbons (Fsp3) is 0.0526. The number of nitrogens with zero attached hydrogens (tertiary/aromatic N) is 4. The van der Waals surface area contributed by atoms with Crippen LogP contribution in [0, 0.1) is 6.92 Å². The van der Waals surface area contributed by atoms with Gasteiger partial charge in [0.1, 0.15) is 12.1 Å². The molecule has 0 spiro atoms. The summed E-state index contributed by atoms with van der Waals surface area (Å²) in [6.45, 7) is 1.97. The van der Waals surface area contributed by atoms with Crippen LogP contribution in [0.15, 0.2) is 61.1 Å². The van der Waals surface area contributed by atoms with Crippen LogP contribution >= 0.6 is 0 Å². The van der Waals surface area contributed by atoms with E-state index in [4.69, 9.17) is 5.73 Å². The van der Waals surface area contributed by atoms with Gasteiger partial charge >= 0.3 is 0 Å². The molecule has 0 saturated carbocycles. The summed E-state index contributed by atoms with van der Waals surface area (Å²) in [5.74, 6) is 0.473. The van der Waals surface area contributed by atoms with Gasteiger partial charge in [0.25, 0.3) is 0 Å². The van der Waals surface area contributed by atoms with E-state index in [1.807, 2.05) is 55.5 Å². The molecule has 0 bridgehead atoms. The molecule has 0 unspecified atom stereocenters. The van der Waals surface area contributed by atoms with Crippen LogP contribution in [0.25, 0.3) is 33.4 Å². The Labute approximate surface area is 139 Å². The second-order valence-corrected chi connectivity index (χ2v) is 5.55. The van der Waals surface area contributed by atoms with Crippen molar-refractivity contribution >= 4 is 16.7 Å². The van der Waals surface area contributed by atoms with E-state index < -0.39 is 0 Å². The number of nitrogens with two attached hydrogens (primary N) is 1. The number of aromatic nitrogens is 4. The lowest BCUT2D eigenvalue weighted by Gasteiger charge is -2.10. The Balaban J connectivity index is 1.93. The van der Waals surface area contributed by atoms with Crippen LogP contribution in [0.5, 0.6) is 0 Å². The van der Waals surface area contributed by atoms with Gasteiger partial charge in [0.2, 0.25) is 0 Å². The number of hydrogen-bond acceptors (Lipinski definition) is 5. The minimum atomic E-state index is 0.473. The number of anilines is 1. The molecule has 3 heterocycles. The van der Waals surface area contributed by atoms with Gasteiger partial charge in [-0.1, -0.05) is 18.2 Å². The Bertz CT molecular complexity index is 1040. The summed E-state index contributed by atoms with van der Waals surface area (Å²) in [6, 6.07) is 15.9. The SMILES string of the molecule is Cc1cccc(-c2ncccc2-c2ccc3ncnc(N)c3c2)n1. The standard InChI is InChI=1S/C19H15N5/c1-12-4-2-6-17(24-12)18-14(5-3-9-21-18)13-7-8-16-15(10-13)19(20)23-11-22-16/h2-11H,1H3,(H2,20,22,23). The number of benzene rings is 1. The largest absolute Gasteiger partial charge is 0.383 e. The average molecular weight is 313 g/mol. The van der Waals surface area contributed by atoms with Gasteiger partial charge in [-0.05, 0) is 42.8 Å². The van der Waals surface area contributed by atoms with Crippen LogP contribution in [0.4, 0.5) is 5.82 Å². The summed E-state index contributed by atoms with van der Waals surface area (Å²) in [6.07, 6.45) is 3.25. The first-order chi connectivity index (χ1) is 11.7. The number of aryl methyl sites for hydroxylation is 1. The van der Waals surface area contributed by atoms with Crippen molar-refractivity contribution < 1.29 is 0 Å². The molecule has 0 fully saturated rings. The Morgan fingerprint density at radius 1 is 0.917 bits per heavy atom. The molecule has 116 valence electrons. The van der Waals surface area contributed by atoms with Gasteiger partial charge in [0.15, 0.2) is 0 Å². The van der Waals surface area contributed by atoms with E-state index in [1.54, 1.807) is 6.20 Å². The predicted molar refractivity (Wildman–Crippen MR) is 95.1 cm³/mol. The summed E-state index contributed by atoms with van der Waals surface area (Å²) >= 11 is 0. The molecule has 2 N–H and O–H groups in total. The molecule has 0 aliphatic carbocycles. The normalized spacial score (nSPS) is 10.9. The van der Waals surface area contributed by atoms with Crippen molar-refractivity contribution in [2.75, 3.05) is 5.73 Å². The van der Waals surface area contributed by atoms with Crippen molar-refractivity contribution in [1.29, 1.82) is 0 Å². The van der Waals surface area contributed by atoms with Crippen LogP contribution in [-0.4, -0.2) is 19.9 Å². The maximum Gasteiger partial charge on any atom is 0.134 e. The molecular weight excluding hydrogens is 298 g/mol. The maximum absolute atomic E-state index is 5.99. The lowest BCUT2D eigenvalue weighted by molar-refractivity contribution is 1.18. The third-order valence-electron chi connectivity index (χ3n) is 3.92. The summed E-state index contributed by atoms with van der Waals surface area (Å²) in [5, 5.41) is 0.835. The second-order valence-electron chi connectivity index (χ2n) is 5.55. The zero-order valence-corrected chi connectivity index (χ0v) is 13.1. The first-order valence-corrected chi connectivity index (χ1v) is 7.62. The molecule has 0 atom stereocenters. The first-order valence-electron chi connectivity index (χ1n) is 7.62. The second kappa shape index (κ2) is 5.70. The minimum absolute atomic E-state index is 0.473. The Hall–Kier alpha value is -3.34. The number of hydrogen-bond donors (Lipinski definition) is 1. The van der Waals surface area contributed by atoms with E-state index in [-0.39, 0.29) is 0 Å². The molecule has 4 aromatic rings. The van der Waals surface area contributed by atoms with Gasteiger partial charge in [-0.15, -0.1) is 0 Å². The third-order valence-corrected chi connectivity index (χ3v) is 3.92. The van der Waals surface area contributed by atoms with E-state index >= 15 is 0 Å². The summed E-state index contributed by atoms with van der Waals surface area (Å²) in [4.78, 5) is 17.5. The molecule has 5 heteroatoms. The lowest BCUT2D eigenvalue weighted by atomic mass is 10.00. The number of nitrogen functional groups attached to an aromatic ring is 1. The zero-order chi connectivity index (χ0) is 16.5. The highest BCUT2D eigenvalue weighted by Crippen LogP contribution is 2.31. The molecule has 3 aromatic heterocycles. The van der Waals surface area contributed by atoms with E-state index in [0.717, 1.165) is 39.1 Å². The van der Waals surface area contributed by atoms with Crippen molar-refractivity contribution in [2.24, 2.45) is 0 Å². The Morgan fingerprint density at radius 2 is 1.83 bits per heavy atom. The van der Waals surface area contributed by atoms with Crippen molar-refractivity contribution in [2.45, 2.75) is 6.92 Å². The molecule has 4 rings (SSSR count). The molecule has 0 aliphatic heterocycles. The number of pyridine rings is 2. The van der Waals surface area contributed by atoms with Crippen molar-refractivity contribution in [3.05, 3.63) is 66.7 Å². The minimum Gasteiger partial charge on any atom is -0.383 e. The quantitative estimate of drug-likeness (QED) is 0.611. The smallest absolute Gasteiger partial charge is 0.134 e. The highest BCUT2D eigenvalue weighted by atomic mass is 14.9. The third kappa shape index (κ3) is 2.46. The van der Waals surface area contributed by atoms with Crippen molar-refractivity contribution in [3.63, 3.8) is 0 Å². The van der Waals surface area contributed by atoms with Crippen molar-refractivity contribution in [1.82, 2.24) is 19.9 Å². The molecular formula is C19H15N5. The van der Waals surface area contributed by atoms with Gasteiger partial charge in [0.05, 0.1) is 16.9 Å². The zero-order valence-electron chi connectivity index (χ0n) is 13.1. The van der Waals surface area contributed by atoms with Gasteiger partial charge in [-0.3, -0.25) is 9.97 Å². The first kappa shape index (κ1) is 14.3. The van der Waals surface area contributed by atoms with E-state index in [0.29, 0.717) is 5.82 Å². The van der Waals surface area contributed by atoms with Gasteiger partial charge in [-0.25, -0.2) is 9.97 Å². The Morgan fingerprint density at radius 3 is 2.71 bits per heavy atom. The monoisotopic (exact) mass is 313 g/mol. The van der Waals surface area contributed by atoms with Crippen LogP contribution < -0.4 is 5.73 Å². The molecule has 5 nitrogen and oxygen atoms in total. The van der Waals surface area contributed by atoms with Gasteiger partial charge < -0.3 is 5.73 Å². The van der Waals surface area contributed by atoms with Crippen LogP contribution in [0.2, 0.25) is 0 Å². The van der Waals surface area contributed by atoms with Crippen molar-refractivity contribution in [3.8, 4) is 22.5 Å². The highest BCUT2D eigenvalue weighted by molar-refractivity contribution is 5.93. The average Bonchev–Trinajstić information content (AvgIpc) is 2.62. The fourth-order valence-electron chi connectivity index (χ4n) is 2.76. The fourth-order valence-corrected chi connectivity index (χ4v) is 2.76. The molecule has 0 saturated heterocycles. The van der Waals surface area contributed by atoms with Crippen LogP contribution in [-0.2, 0) is 0 Å².